The molecule has 1 aliphatic rings. The first-order valence-electron chi connectivity index (χ1n) is 4.30. The second kappa shape index (κ2) is 4.88. The van der Waals surface area contributed by atoms with Crippen molar-refractivity contribution in [3.63, 3.8) is 0 Å². The van der Waals surface area contributed by atoms with Gasteiger partial charge in [-0.1, -0.05) is 0 Å². The monoisotopic (exact) mass is 192 g/mol. The van der Waals surface area contributed by atoms with Gasteiger partial charge in [0.15, 0.2) is 0 Å². The molecule has 0 spiro atoms. The van der Waals surface area contributed by atoms with Crippen LogP contribution < -0.4 is 0 Å². The van der Waals surface area contributed by atoms with Crippen molar-refractivity contribution >= 4 is 0 Å². The van der Waals surface area contributed by atoms with Crippen LogP contribution in [0.5, 0.6) is 0 Å². The molecule has 1 saturated heterocycles. The summed E-state index contributed by atoms with van der Waals surface area (Å²) in [7, 11) is 1.49. The SMILES string of the molecule is COCC1OC(CO)CC(O)C1O. The Kier molecular flexibility index (Phi) is 4.08. The average molecular weight is 192 g/mol. The van der Waals surface area contributed by atoms with Crippen molar-refractivity contribution in [3.8, 4) is 0 Å². The lowest BCUT2D eigenvalue weighted by molar-refractivity contribution is -0.189. The first-order chi connectivity index (χ1) is 6.19. The molecule has 0 aromatic carbocycles. The third-order valence-electron chi connectivity index (χ3n) is 2.18. The first kappa shape index (κ1) is 10.9. The Hall–Kier alpha value is -0.200. The number of hydrogen-bond acceptors (Lipinski definition) is 5. The maximum Gasteiger partial charge on any atom is 0.110 e. The summed E-state index contributed by atoms with van der Waals surface area (Å²) in [6.07, 6.45) is -2.46. The van der Waals surface area contributed by atoms with Crippen LogP contribution in [0, 0.1) is 0 Å². The van der Waals surface area contributed by atoms with E-state index >= 15 is 0 Å². The zero-order valence-electron chi connectivity index (χ0n) is 7.59. The minimum Gasteiger partial charge on any atom is -0.394 e. The number of aliphatic hydroxyl groups excluding tert-OH is 3. The Morgan fingerprint density at radius 3 is 2.69 bits per heavy atom. The Labute approximate surface area is 76.9 Å². The van der Waals surface area contributed by atoms with E-state index in [1.807, 2.05) is 0 Å². The molecule has 3 N–H and O–H groups in total. The highest BCUT2D eigenvalue weighted by molar-refractivity contribution is 4.84. The normalized spacial score (nSPS) is 40.6. The topological polar surface area (TPSA) is 79.2 Å². The molecule has 1 heterocycles. The van der Waals surface area contributed by atoms with Crippen LogP contribution >= 0.6 is 0 Å². The Morgan fingerprint density at radius 2 is 2.15 bits per heavy atom. The highest BCUT2D eigenvalue weighted by Crippen LogP contribution is 2.20. The third-order valence-corrected chi connectivity index (χ3v) is 2.18. The third kappa shape index (κ3) is 2.62. The molecule has 4 unspecified atom stereocenters. The highest BCUT2D eigenvalue weighted by atomic mass is 16.6. The van der Waals surface area contributed by atoms with Gasteiger partial charge < -0.3 is 24.8 Å². The van der Waals surface area contributed by atoms with Crippen LogP contribution in [0.15, 0.2) is 0 Å². The van der Waals surface area contributed by atoms with E-state index < -0.39 is 24.4 Å². The van der Waals surface area contributed by atoms with Crippen molar-refractivity contribution in [1.29, 1.82) is 0 Å². The summed E-state index contributed by atoms with van der Waals surface area (Å²) >= 11 is 0. The van der Waals surface area contributed by atoms with Crippen molar-refractivity contribution in [2.75, 3.05) is 20.3 Å². The van der Waals surface area contributed by atoms with Crippen LogP contribution in [0.25, 0.3) is 0 Å². The van der Waals surface area contributed by atoms with Crippen molar-refractivity contribution < 1.29 is 24.8 Å². The molecule has 1 fully saturated rings. The van der Waals surface area contributed by atoms with E-state index in [0.717, 1.165) is 0 Å². The van der Waals surface area contributed by atoms with Gasteiger partial charge in [0.2, 0.25) is 0 Å². The minimum absolute atomic E-state index is 0.149. The average Bonchev–Trinajstić information content (AvgIpc) is 2.13. The Balaban J connectivity index is 2.50. The van der Waals surface area contributed by atoms with Gasteiger partial charge in [-0.3, -0.25) is 0 Å². The molecule has 0 amide bonds. The van der Waals surface area contributed by atoms with E-state index in [1.54, 1.807) is 0 Å². The predicted octanol–water partition coefficient (Wildman–Crippen LogP) is -1.50. The number of hydrogen-bond donors (Lipinski definition) is 3. The van der Waals surface area contributed by atoms with Crippen molar-refractivity contribution in [2.24, 2.45) is 0 Å². The van der Waals surface area contributed by atoms with Crippen molar-refractivity contribution in [1.82, 2.24) is 0 Å². The summed E-state index contributed by atoms with van der Waals surface area (Å²) in [5.41, 5.74) is 0. The molecular weight excluding hydrogens is 176 g/mol. The van der Waals surface area contributed by atoms with Crippen LogP contribution in [0.2, 0.25) is 0 Å². The van der Waals surface area contributed by atoms with E-state index in [-0.39, 0.29) is 19.6 Å². The lowest BCUT2D eigenvalue weighted by Crippen LogP contribution is -2.50. The number of rotatable bonds is 3. The van der Waals surface area contributed by atoms with Crippen LogP contribution in [-0.4, -0.2) is 60.1 Å². The van der Waals surface area contributed by atoms with E-state index in [1.165, 1.54) is 7.11 Å². The maximum atomic E-state index is 9.45. The molecule has 1 rings (SSSR count). The van der Waals surface area contributed by atoms with Crippen molar-refractivity contribution in [2.45, 2.75) is 30.8 Å². The summed E-state index contributed by atoms with van der Waals surface area (Å²) in [5.74, 6) is 0. The largest absolute Gasteiger partial charge is 0.394 e. The van der Waals surface area contributed by atoms with Crippen LogP contribution in [0.4, 0.5) is 0 Å². The standard InChI is InChI=1S/C8H16O5/c1-12-4-7-8(11)6(10)2-5(3-9)13-7/h5-11H,2-4H2,1H3. The van der Waals surface area contributed by atoms with E-state index in [9.17, 15) is 10.2 Å². The van der Waals surface area contributed by atoms with E-state index in [2.05, 4.69) is 0 Å². The zero-order chi connectivity index (χ0) is 9.84. The van der Waals surface area contributed by atoms with Gasteiger partial charge in [-0.2, -0.15) is 0 Å². The molecular formula is C8H16O5. The van der Waals surface area contributed by atoms with E-state index in [0.29, 0.717) is 0 Å². The van der Waals surface area contributed by atoms with Crippen molar-refractivity contribution in [3.05, 3.63) is 0 Å². The zero-order valence-corrected chi connectivity index (χ0v) is 7.59. The summed E-state index contributed by atoms with van der Waals surface area (Å²) < 4.78 is 10.1. The minimum atomic E-state index is -0.928. The summed E-state index contributed by atoms with van der Waals surface area (Å²) in [5, 5.41) is 27.6. The Bertz CT molecular complexity index is 151. The second-order valence-electron chi connectivity index (χ2n) is 3.23. The van der Waals surface area contributed by atoms with Gasteiger partial charge in [-0.05, 0) is 0 Å². The van der Waals surface area contributed by atoms with Crippen LogP contribution in [0.1, 0.15) is 6.42 Å². The Morgan fingerprint density at radius 1 is 1.46 bits per heavy atom. The molecule has 4 atom stereocenters. The first-order valence-corrected chi connectivity index (χ1v) is 4.30. The second-order valence-corrected chi connectivity index (χ2v) is 3.23. The quantitative estimate of drug-likeness (QED) is 0.507. The molecule has 0 aromatic heterocycles. The summed E-state index contributed by atoms with van der Waals surface area (Å²) in [6, 6.07) is 0. The molecule has 1 aliphatic heterocycles. The molecule has 0 saturated carbocycles. The molecule has 0 aliphatic carbocycles. The smallest absolute Gasteiger partial charge is 0.110 e. The maximum absolute atomic E-state index is 9.45. The molecule has 5 nitrogen and oxygen atoms in total. The van der Waals surface area contributed by atoms with Gasteiger partial charge in [-0.25, -0.2) is 0 Å². The van der Waals surface area contributed by atoms with Crippen LogP contribution in [0.3, 0.4) is 0 Å². The summed E-state index contributed by atoms with van der Waals surface area (Å²) in [6.45, 7) is 0.0682. The fourth-order valence-corrected chi connectivity index (χ4v) is 1.46. The fraction of sp³-hybridized carbons (Fsp3) is 1.00. The number of ether oxygens (including phenoxy) is 2. The molecule has 0 radical (unpaired) electrons. The van der Waals surface area contributed by atoms with Gasteiger partial charge in [0.25, 0.3) is 0 Å². The molecule has 0 bridgehead atoms. The summed E-state index contributed by atoms with van der Waals surface area (Å²) in [4.78, 5) is 0. The lowest BCUT2D eigenvalue weighted by Gasteiger charge is -2.36. The molecule has 78 valence electrons. The van der Waals surface area contributed by atoms with Gasteiger partial charge in [-0.15, -0.1) is 0 Å². The van der Waals surface area contributed by atoms with Gasteiger partial charge in [0.05, 0.1) is 25.4 Å². The predicted molar refractivity (Wildman–Crippen MR) is 44.3 cm³/mol. The van der Waals surface area contributed by atoms with Crippen LogP contribution in [-0.2, 0) is 9.47 Å². The number of aliphatic hydroxyl groups is 3. The van der Waals surface area contributed by atoms with Gasteiger partial charge in [0, 0.05) is 13.5 Å². The van der Waals surface area contributed by atoms with Gasteiger partial charge in [0.1, 0.15) is 12.2 Å². The van der Waals surface area contributed by atoms with Gasteiger partial charge >= 0.3 is 0 Å². The molecule has 5 heteroatoms. The molecule has 0 aromatic rings. The number of methoxy groups -OCH3 is 1. The molecule has 13 heavy (non-hydrogen) atoms. The fourth-order valence-electron chi connectivity index (χ4n) is 1.46. The van der Waals surface area contributed by atoms with E-state index in [4.69, 9.17) is 14.6 Å². The lowest BCUT2D eigenvalue weighted by atomic mass is 9.98. The highest BCUT2D eigenvalue weighted by Gasteiger charge is 2.36.